The van der Waals surface area contributed by atoms with Crippen LogP contribution in [-0.4, -0.2) is 0 Å². The van der Waals surface area contributed by atoms with Gasteiger partial charge in [0.25, 0.3) is 0 Å². The Labute approximate surface area is 272 Å². The Morgan fingerprint density at radius 2 is 0.644 bits per heavy atom. The predicted molar refractivity (Wildman–Crippen MR) is 182 cm³/mol. The van der Waals surface area contributed by atoms with E-state index in [0.717, 1.165) is 47.3 Å². The fourth-order valence-electron chi connectivity index (χ4n) is 19.5. The molecule has 8 unspecified atom stereocenters. The SMILES string of the molecule is CC12CC3C4CC5(C)CC(C(C1)C3(c1ccc(C36CC7(C)CC8C3CC3(C)CC6C(C7)C8(c6ccccc6)C3)cc1)C5)C4(C)C2. The minimum Gasteiger partial charge on any atom is -0.0622 e. The van der Waals surface area contributed by atoms with Crippen molar-refractivity contribution in [1.82, 2.24) is 0 Å². The smallest absolute Gasteiger partial charge is 0.00210 e. The van der Waals surface area contributed by atoms with Crippen molar-refractivity contribution in [3.63, 3.8) is 0 Å². The van der Waals surface area contributed by atoms with Gasteiger partial charge in [0.15, 0.2) is 0 Å². The molecule has 0 radical (unpaired) electrons. The Bertz CT molecular complexity index is 1610. The average molecular weight is 597 g/mol. The Hall–Kier alpha value is -1.56. The minimum absolute atomic E-state index is 0.420. The molecule has 8 atom stereocenters. The minimum atomic E-state index is 0.420. The molecule has 2 aromatic rings. The second-order valence-electron chi connectivity index (χ2n) is 22.0. The zero-order valence-corrected chi connectivity index (χ0v) is 28.8. The third-order valence-corrected chi connectivity index (χ3v) is 19.5. The lowest BCUT2D eigenvalue weighted by Gasteiger charge is -2.82. The van der Waals surface area contributed by atoms with Crippen LogP contribution in [0.5, 0.6) is 0 Å². The van der Waals surface area contributed by atoms with Gasteiger partial charge in [-0.15, -0.1) is 0 Å². The average Bonchev–Trinajstić information content (AvgIpc) is 3.00. The van der Waals surface area contributed by atoms with Crippen molar-refractivity contribution in [1.29, 1.82) is 0 Å². The Balaban J connectivity index is 0.996. The quantitative estimate of drug-likeness (QED) is 0.331. The molecule has 0 saturated heterocycles. The molecule has 0 spiro atoms. The second-order valence-corrected chi connectivity index (χ2v) is 22.0. The van der Waals surface area contributed by atoms with E-state index >= 15 is 0 Å². The molecule has 0 aliphatic heterocycles. The molecule has 0 heterocycles. The summed E-state index contributed by atoms with van der Waals surface area (Å²) in [6.07, 6.45) is 18.0. The fourth-order valence-corrected chi connectivity index (χ4v) is 19.5. The van der Waals surface area contributed by atoms with Gasteiger partial charge in [0, 0.05) is 16.2 Å². The lowest BCUT2D eigenvalue weighted by Crippen LogP contribution is -2.78. The maximum atomic E-state index is 2.79. The highest BCUT2D eigenvalue weighted by Crippen LogP contribution is 2.86. The number of rotatable bonds is 3. The van der Waals surface area contributed by atoms with Gasteiger partial charge in [0.2, 0.25) is 0 Å². The molecule has 16 rings (SSSR count). The summed E-state index contributed by atoms with van der Waals surface area (Å²) < 4.78 is 0. The summed E-state index contributed by atoms with van der Waals surface area (Å²) in [5.74, 6) is 7.31. The molecule has 14 aliphatic rings. The Kier molecular flexibility index (Phi) is 4.24. The molecule has 0 heteroatoms. The van der Waals surface area contributed by atoms with Crippen LogP contribution in [0.1, 0.15) is 128 Å². The number of benzene rings is 2. The topological polar surface area (TPSA) is 0 Å². The van der Waals surface area contributed by atoms with Crippen LogP contribution in [-0.2, 0) is 16.2 Å². The summed E-state index contributed by atoms with van der Waals surface area (Å²) in [5.41, 5.74) is 9.51. The van der Waals surface area contributed by atoms with E-state index in [-0.39, 0.29) is 0 Å². The van der Waals surface area contributed by atoms with E-state index in [1.165, 1.54) is 77.0 Å². The summed E-state index contributed by atoms with van der Waals surface area (Å²) in [6.45, 7) is 13.6. The van der Waals surface area contributed by atoms with Crippen LogP contribution in [0.15, 0.2) is 54.6 Å². The van der Waals surface area contributed by atoms with Gasteiger partial charge in [-0.3, -0.25) is 0 Å². The van der Waals surface area contributed by atoms with Gasteiger partial charge >= 0.3 is 0 Å². The van der Waals surface area contributed by atoms with E-state index in [1.807, 2.05) is 0 Å². The number of hydrogen-bond acceptors (Lipinski definition) is 0. The summed E-state index contributed by atoms with van der Waals surface area (Å²) >= 11 is 0. The van der Waals surface area contributed by atoms with Crippen molar-refractivity contribution in [2.45, 2.75) is 128 Å². The molecule has 2 aromatic carbocycles. The van der Waals surface area contributed by atoms with Crippen molar-refractivity contribution in [3.05, 3.63) is 71.3 Å². The van der Waals surface area contributed by atoms with E-state index in [2.05, 4.69) is 89.2 Å². The maximum absolute atomic E-state index is 2.79. The largest absolute Gasteiger partial charge is 0.0622 e. The predicted octanol–water partition coefficient (Wildman–Crippen LogP) is 10.9. The first kappa shape index (κ1) is 26.4. The van der Waals surface area contributed by atoms with Crippen molar-refractivity contribution < 1.29 is 0 Å². The van der Waals surface area contributed by atoms with Crippen molar-refractivity contribution in [3.8, 4) is 0 Å². The van der Waals surface area contributed by atoms with E-state index in [0.29, 0.717) is 43.3 Å². The van der Waals surface area contributed by atoms with Crippen LogP contribution in [0.25, 0.3) is 0 Å². The molecular weight excluding hydrogens is 540 g/mol. The van der Waals surface area contributed by atoms with Crippen molar-refractivity contribution >= 4 is 0 Å². The second kappa shape index (κ2) is 7.22. The first-order chi connectivity index (χ1) is 21.4. The highest BCUT2D eigenvalue weighted by molar-refractivity contribution is 5.48. The molecule has 0 aromatic heterocycles. The third kappa shape index (κ3) is 2.63. The van der Waals surface area contributed by atoms with Crippen LogP contribution in [0.3, 0.4) is 0 Å². The van der Waals surface area contributed by atoms with Gasteiger partial charge in [-0.05, 0) is 168 Å². The molecule has 14 aliphatic carbocycles. The fraction of sp³-hybridized carbons (Fsp3) is 0.733. The van der Waals surface area contributed by atoms with Gasteiger partial charge in [0.05, 0.1) is 0 Å². The summed E-state index contributed by atoms with van der Waals surface area (Å²) in [4.78, 5) is 0. The lowest BCUT2D eigenvalue weighted by atomic mass is 9.21. The maximum Gasteiger partial charge on any atom is 0.00210 e. The van der Waals surface area contributed by atoms with Gasteiger partial charge in [-0.25, -0.2) is 0 Å². The van der Waals surface area contributed by atoms with Crippen LogP contribution < -0.4 is 0 Å². The van der Waals surface area contributed by atoms with E-state index in [4.69, 9.17) is 0 Å². The van der Waals surface area contributed by atoms with Gasteiger partial charge in [0.1, 0.15) is 0 Å². The molecule has 16 bridgehead atoms. The number of hydrogen-bond donors (Lipinski definition) is 0. The summed E-state index contributed by atoms with van der Waals surface area (Å²) in [7, 11) is 0. The van der Waals surface area contributed by atoms with Crippen LogP contribution >= 0.6 is 0 Å². The molecule has 0 N–H and O–H groups in total. The first-order valence-electron chi connectivity index (χ1n) is 19.5. The van der Waals surface area contributed by atoms with Crippen LogP contribution in [0, 0.1) is 74.4 Å². The van der Waals surface area contributed by atoms with Crippen LogP contribution in [0.4, 0.5) is 0 Å². The summed E-state index contributed by atoms with van der Waals surface area (Å²) in [5, 5.41) is 0. The van der Waals surface area contributed by atoms with Gasteiger partial charge in [-0.2, -0.15) is 0 Å². The Morgan fingerprint density at radius 1 is 0.356 bits per heavy atom. The molecule has 0 nitrogen and oxygen atoms in total. The first-order valence-corrected chi connectivity index (χ1v) is 19.5. The molecular formula is C45H56. The molecule has 14 saturated carbocycles. The molecule has 0 amide bonds. The Morgan fingerprint density at radius 3 is 1.02 bits per heavy atom. The van der Waals surface area contributed by atoms with Gasteiger partial charge < -0.3 is 0 Å². The normalized spacial score (nSPS) is 62.9. The van der Waals surface area contributed by atoms with Crippen LogP contribution in [0.2, 0.25) is 0 Å². The lowest BCUT2D eigenvalue weighted by molar-refractivity contribution is -0.303. The highest BCUT2D eigenvalue weighted by atomic mass is 14.8. The molecule has 45 heavy (non-hydrogen) atoms. The zero-order valence-electron chi connectivity index (χ0n) is 28.8. The summed E-state index contributed by atoms with van der Waals surface area (Å²) in [6, 6.07) is 23.2. The molecule has 14 fully saturated rings. The van der Waals surface area contributed by atoms with Crippen molar-refractivity contribution in [2.75, 3.05) is 0 Å². The standard InChI is InChI=1S/C45H56/c1-38-17-32-30-15-39(2)16-31(42(30,5)23-38)33(18-38)44(32,24-39)28-11-13-29(14-12-28)45-26-41(4)19-34-36(45)21-40(3)22-37(45)35(20-41)43(34,25-40)27-9-7-6-8-10-27/h6-14,30-37H,15-26H2,1-5H3. The zero-order chi connectivity index (χ0) is 30.2. The third-order valence-electron chi connectivity index (χ3n) is 19.5. The van der Waals surface area contributed by atoms with E-state index in [9.17, 15) is 0 Å². The van der Waals surface area contributed by atoms with E-state index < -0.39 is 0 Å². The monoisotopic (exact) mass is 596 g/mol. The molecule has 236 valence electrons. The van der Waals surface area contributed by atoms with Gasteiger partial charge in [-0.1, -0.05) is 89.2 Å². The highest BCUT2D eigenvalue weighted by Gasteiger charge is 2.80. The van der Waals surface area contributed by atoms with E-state index in [1.54, 1.807) is 16.7 Å². The van der Waals surface area contributed by atoms with Crippen molar-refractivity contribution in [2.24, 2.45) is 74.4 Å².